The molecule has 0 aromatic rings. The van der Waals surface area contributed by atoms with Gasteiger partial charge in [-0.05, 0) is 56.1 Å². The van der Waals surface area contributed by atoms with Gasteiger partial charge in [-0.15, -0.1) is 0 Å². The molecule has 0 spiro atoms. The Bertz CT molecular complexity index is 236. The smallest absolute Gasteiger partial charge is 0.220 e. The molecule has 0 aliphatic carbocycles. The summed E-state index contributed by atoms with van der Waals surface area (Å²) in [6, 6.07) is 0.640. The second kappa shape index (κ2) is 7.27. The lowest BCUT2D eigenvalue weighted by Crippen LogP contribution is -2.31. The quantitative estimate of drug-likeness (QED) is 0.788. The lowest BCUT2D eigenvalue weighted by Gasteiger charge is -2.20. The van der Waals surface area contributed by atoms with Crippen molar-refractivity contribution in [3.8, 4) is 0 Å². The zero-order valence-electron chi connectivity index (χ0n) is 10.5. The number of hydrogen-bond donors (Lipinski definition) is 2. The van der Waals surface area contributed by atoms with Crippen LogP contribution < -0.4 is 10.6 Å². The van der Waals surface area contributed by atoms with Crippen LogP contribution in [0.15, 0.2) is 0 Å². The Hall–Kier alpha value is -0.220. The molecular formula is C13H24N2OS. The molecule has 2 rings (SSSR count). The Balaban J connectivity index is 1.53. The third-order valence-electron chi connectivity index (χ3n) is 3.79. The molecule has 0 aromatic heterocycles. The van der Waals surface area contributed by atoms with Crippen molar-refractivity contribution in [2.45, 2.75) is 44.6 Å². The van der Waals surface area contributed by atoms with Gasteiger partial charge in [-0.1, -0.05) is 0 Å². The molecule has 2 aliphatic heterocycles. The van der Waals surface area contributed by atoms with Crippen LogP contribution >= 0.6 is 11.8 Å². The molecular weight excluding hydrogens is 232 g/mol. The van der Waals surface area contributed by atoms with E-state index in [1.165, 1.54) is 37.2 Å². The molecule has 0 bridgehead atoms. The van der Waals surface area contributed by atoms with E-state index in [2.05, 4.69) is 10.6 Å². The Morgan fingerprint density at radius 3 is 2.82 bits per heavy atom. The van der Waals surface area contributed by atoms with Gasteiger partial charge in [-0.2, -0.15) is 11.8 Å². The molecule has 4 heteroatoms. The van der Waals surface area contributed by atoms with E-state index >= 15 is 0 Å². The van der Waals surface area contributed by atoms with E-state index in [4.69, 9.17) is 0 Å². The molecule has 2 saturated heterocycles. The molecule has 0 saturated carbocycles. The summed E-state index contributed by atoms with van der Waals surface area (Å²) in [5, 5.41) is 6.53. The van der Waals surface area contributed by atoms with Gasteiger partial charge in [-0.25, -0.2) is 0 Å². The fourth-order valence-electron chi connectivity index (χ4n) is 2.67. The van der Waals surface area contributed by atoms with Gasteiger partial charge in [0.05, 0.1) is 0 Å². The number of thioether (sulfide) groups is 1. The van der Waals surface area contributed by atoms with Crippen LogP contribution in [0.1, 0.15) is 38.5 Å². The van der Waals surface area contributed by atoms with Crippen molar-refractivity contribution >= 4 is 17.7 Å². The molecule has 1 unspecified atom stereocenters. The average molecular weight is 256 g/mol. The number of amides is 1. The van der Waals surface area contributed by atoms with Crippen LogP contribution in [0.4, 0.5) is 0 Å². The fourth-order valence-corrected chi connectivity index (χ4v) is 3.88. The summed E-state index contributed by atoms with van der Waals surface area (Å²) in [5.41, 5.74) is 0. The van der Waals surface area contributed by atoms with E-state index in [9.17, 15) is 4.79 Å². The van der Waals surface area contributed by atoms with Gasteiger partial charge < -0.3 is 10.6 Å². The predicted octanol–water partition coefficient (Wildman–Crippen LogP) is 1.78. The van der Waals surface area contributed by atoms with E-state index in [0.29, 0.717) is 12.0 Å². The minimum atomic E-state index is 0.264. The summed E-state index contributed by atoms with van der Waals surface area (Å²) in [4.78, 5) is 11.7. The molecule has 2 aliphatic rings. The minimum Gasteiger partial charge on any atom is -0.356 e. The van der Waals surface area contributed by atoms with Crippen LogP contribution in [0.2, 0.25) is 0 Å². The standard InChI is InChI=1S/C13H24N2OS/c16-13(10-11-4-8-17-9-5-11)15-7-3-12-2-1-6-14-12/h11-12,14H,1-10H2,(H,15,16). The Labute approximate surface area is 108 Å². The summed E-state index contributed by atoms with van der Waals surface area (Å²) in [6.07, 6.45) is 6.85. The molecule has 0 radical (unpaired) electrons. The molecule has 2 fully saturated rings. The molecule has 3 nitrogen and oxygen atoms in total. The van der Waals surface area contributed by atoms with Crippen LogP contribution in [-0.2, 0) is 4.79 Å². The van der Waals surface area contributed by atoms with E-state index in [0.717, 1.165) is 25.9 Å². The van der Waals surface area contributed by atoms with E-state index in [-0.39, 0.29) is 5.91 Å². The van der Waals surface area contributed by atoms with Gasteiger partial charge in [0.2, 0.25) is 5.91 Å². The van der Waals surface area contributed by atoms with Gasteiger partial charge in [0, 0.05) is 19.0 Å². The van der Waals surface area contributed by atoms with Crippen LogP contribution in [0.3, 0.4) is 0 Å². The Kier molecular flexibility index (Phi) is 5.65. The summed E-state index contributed by atoms with van der Waals surface area (Å²) in [6.45, 7) is 2.00. The third kappa shape index (κ3) is 4.88. The molecule has 2 N–H and O–H groups in total. The zero-order chi connectivity index (χ0) is 11.9. The summed E-state index contributed by atoms with van der Waals surface area (Å²) < 4.78 is 0. The fraction of sp³-hybridized carbons (Fsp3) is 0.923. The van der Waals surface area contributed by atoms with E-state index in [1.54, 1.807) is 0 Å². The maximum absolute atomic E-state index is 11.7. The molecule has 1 atom stereocenters. The largest absolute Gasteiger partial charge is 0.356 e. The highest BCUT2D eigenvalue weighted by molar-refractivity contribution is 7.99. The first-order valence-electron chi connectivity index (χ1n) is 6.92. The van der Waals surface area contributed by atoms with E-state index < -0.39 is 0 Å². The van der Waals surface area contributed by atoms with Crippen molar-refractivity contribution in [1.82, 2.24) is 10.6 Å². The minimum absolute atomic E-state index is 0.264. The second-order valence-electron chi connectivity index (χ2n) is 5.19. The summed E-state index contributed by atoms with van der Waals surface area (Å²) >= 11 is 2.02. The topological polar surface area (TPSA) is 41.1 Å². The van der Waals surface area contributed by atoms with Crippen LogP contribution in [0, 0.1) is 5.92 Å². The van der Waals surface area contributed by atoms with Crippen LogP contribution in [0.25, 0.3) is 0 Å². The SMILES string of the molecule is O=C(CC1CCSCC1)NCCC1CCCN1. The lowest BCUT2D eigenvalue weighted by molar-refractivity contribution is -0.122. The number of carbonyl (C=O) groups excluding carboxylic acids is 1. The normalized spacial score (nSPS) is 26.0. The highest BCUT2D eigenvalue weighted by Gasteiger charge is 2.18. The average Bonchev–Trinajstić information content (AvgIpc) is 2.83. The van der Waals surface area contributed by atoms with Crippen molar-refractivity contribution in [3.05, 3.63) is 0 Å². The van der Waals surface area contributed by atoms with Gasteiger partial charge in [0.15, 0.2) is 0 Å². The van der Waals surface area contributed by atoms with Gasteiger partial charge in [0.1, 0.15) is 0 Å². The summed E-state index contributed by atoms with van der Waals surface area (Å²) in [7, 11) is 0. The maximum atomic E-state index is 11.7. The van der Waals surface area contributed by atoms with Crippen molar-refractivity contribution < 1.29 is 4.79 Å². The second-order valence-corrected chi connectivity index (χ2v) is 6.42. The first kappa shape index (κ1) is 13.2. The highest BCUT2D eigenvalue weighted by Crippen LogP contribution is 2.24. The molecule has 0 aromatic carbocycles. The lowest BCUT2D eigenvalue weighted by atomic mass is 9.98. The van der Waals surface area contributed by atoms with Crippen molar-refractivity contribution in [2.75, 3.05) is 24.6 Å². The van der Waals surface area contributed by atoms with Gasteiger partial charge in [-0.3, -0.25) is 4.79 Å². The number of nitrogens with one attached hydrogen (secondary N) is 2. The molecule has 17 heavy (non-hydrogen) atoms. The third-order valence-corrected chi connectivity index (χ3v) is 4.84. The van der Waals surface area contributed by atoms with Crippen molar-refractivity contribution in [3.63, 3.8) is 0 Å². The number of hydrogen-bond acceptors (Lipinski definition) is 3. The summed E-state index contributed by atoms with van der Waals surface area (Å²) in [5.74, 6) is 3.38. The maximum Gasteiger partial charge on any atom is 0.220 e. The van der Waals surface area contributed by atoms with Crippen LogP contribution in [0.5, 0.6) is 0 Å². The van der Waals surface area contributed by atoms with E-state index in [1.807, 2.05) is 11.8 Å². The van der Waals surface area contributed by atoms with Crippen molar-refractivity contribution in [1.29, 1.82) is 0 Å². The predicted molar refractivity (Wildman–Crippen MR) is 73.3 cm³/mol. The molecule has 2 heterocycles. The highest BCUT2D eigenvalue weighted by atomic mass is 32.2. The molecule has 1 amide bonds. The Morgan fingerprint density at radius 1 is 1.29 bits per heavy atom. The zero-order valence-corrected chi connectivity index (χ0v) is 11.4. The first-order valence-corrected chi connectivity index (χ1v) is 8.08. The molecule has 98 valence electrons. The van der Waals surface area contributed by atoms with Gasteiger partial charge >= 0.3 is 0 Å². The van der Waals surface area contributed by atoms with Crippen LogP contribution in [-0.4, -0.2) is 36.5 Å². The first-order chi connectivity index (χ1) is 8.34. The van der Waals surface area contributed by atoms with Gasteiger partial charge in [0.25, 0.3) is 0 Å². The van der Waals surface area contributed by atoms with Crippen molar-refractivity contribution in [2.24, 2.45) is 5.92 Å². The number of carbonyl (C=O) groups is 1. The monoisotopic (exact) mass is 256 g/mol. The number of rotatable bonds is 5. The Morgan fingerprint density at radius 2 is 2.12 bits per heavy atom.